The second-order valence-electron chi connectivity index (χ2n) is 9.39. The number of nitrogens with zero attached hydrogens (tertiary/aromatic N) is 4. The minimum atomic E-state index is -4.48. The Morgan fingerprint density at radius 2 is 1.89 bits per heavy atom. The van der Waals surface area contributed by atoms with Gasteiger partial charge in [-0.1, -0.05) is 0 Å². The molecule has 0 aliphatic carbocycles. The SMILES string of the molecule is CC(=O)N1c2ccc(-c3cnn(C4CCNCC4)c3)c(Oc3ccc(C(F)(F)F)cn3)c2CCC1C. The molecule has 10 heteroatoms. The van der Waals surface area contributed by atoms with Gasteiger partial charge in [-0.2, -0.15) is 18.3 Å². The maximum Gasteiger partial charge on any atom is 0.417 e. The number of fused-ring (bicyclic) bond motifs is 1. The third-order valence-electron chi connectivity index (χ3n) is 6.95. The monoisotopic (exact) mass is 499 g/mol. The van der Waals surface area contributed by atoms with Crippen LogP contribution in [0.5, 0.6) is 11.6 Å². The van der Waals surface area contributed by atoms with Gasteiger partial charge in [0, 0.05) is 48.1 Å². The summed E-state index contributed by atoms with van der Waals surface area (Å²) in [4.78, 5) is 18.1. The predicted octanol–water partition coefficient (Wildman–Crippen LogP) is 5.37. The average molecular weight is 500 g/mol. The molecule has 1 fully saturated rings. The van der Waals surface area contributed by atoms with Gasteiger partial charge in [0.1, 0.15) is 5.75 Å². The van der Waals surface area contributed by atoms with Crippen LogP contribution in [-0.2, 0) is 17.4 Å². The lowest BCUT2D eigenvalue weighted by Crippen LogP contribution is -2.40. The van der Waals surface area contributed by atoms with Gasteiger partial charge in [0.15, 0.2) is 0 Å². The molecule has 2 aromatic heterocycles. The first-order chi connectivity index (χ1) is 17.2. The van der Waals surface area contributed by atoms with Crippen LogP contribution in [0.4, 0.5) is 18.9 Å². The van der Waals surface area contributed by atoms with Crippen LogP contribution in [0, 0.1) is 0 Å². The summed E-state index contributed by atoms with van der Waals surface area (Å²) in [5.41, 5.74) is 2.33. The largest absolute Gasteiger partial charge is 0.438 e. The summed E-state index contributed by atoms with van der Waals surface area (Å²) < 4.78 is 47.3. The van der Waals surface area contributed by atoms with E-state index < -0.39 is 11.7 Å². The minimum absolute atomic E-state index is 0.0283. The number of carbonyl (C=O) groups is 1. The fourth-order valence-electron chi connectivity index (χ4n) is 5.09. The van der Waals surface area contributed by atoms with Crippen molar-refractivity contribution in [2.75, 3.05) is 18.0 Å². The molecule has 2 aliphatic rings. The van der Waals surface area contributed by atoms with Crippen LogP contribution in [0.25, 0.3) is 11.1 Å². The maximum absolute atomic E-state index is 13.0. The zero-order valence-corrected chi connectivity index (χ0v) is 20.2. The van der Waals surface area contributed by atoms with Crippen molar-refractivity contribution in [1.29, 1.82) is 0 Å². The maximum atomic E-state index is 13.0. The Morgan fingerprint density at radius 1 is 1.11 bits per heavy atom. The number of nitrogens with one attached hydrogen (secondary N) is 1. The molecule has 4 heterocycles. The number of halogens is 3. The summed E-state index contributed by atoms with van der Waals surface area (Å²) in [6.45, 7) is 5.40. The first-order valence-corrected chi connectivity index (χ1v) is 12.1. The number of amides is 1. The van der Waals surface area contributed by atoms with E-state index in [2.05, 4.69) is 15.4 Å². The Kier molecular flexibility index (Phi) is 6.46. The van der Waals surface area contributed by atoms with E-state index in [4.69, 9.17) is 4.74 Å². The van der Waals surface area contributed by atoms with Crippen LogP contribution in [-0.4, -0.2) is 39.8 Å². The van der Waals surface area contributed by atoms with Crippen molar-refractivity contribution in [2.24, 2.45) is 0 Å². The van der Waals surface area contributed by atoms with Gasteiger partial charge in [-0.05, 0) is 63.9 Å². The number of rotatable bonds is 4. The van der Waals surface area contributed by atoms with Gasteiger partial charge >= 0.3 is 6.18 Å². The molecule has 1 aromatic carbocycles. The first kappa shape index (κ1) is 24.3. The molecule has 1 unspecified atom stereocenters. The summed E-state index contributed by atoms with van der Waals surface area (Å²) in [6, 6.07) is 6.30. The second kappa shape index (κ2) is 9.57. The van der Waals surface area contributed by atoms with E-state index in [1.165, 1.54) is 13.0 Å². The van der Waals surface area contributed by atoms with Crippen molar-refractivity contribution in [2.45, 2.75) is 57.8 Å². The highest BCUT2D eigenvalue weighted by atomic mass is 19.4. The minimum Gasteiger partial charge on any atom is -0.438 e. The van der Waals surface area contributed by atoms with Crippen LogP contribution in [0.3, 0.4) is 0 Å². The quantitative estimate of drug-likeness (QED) is 0.523. The first-order valence-electron chi connectivity index (χ1n) is 12.1. The summed E-state index contributed by atoms with van der Waals surface area (Å²) in [7, 11) is 0. The van der Waals surface area contributed by atoms with E-state index in [-0.39, 0.29) is 17.8 Å². The number of alkyl halides is 3. The normalized spacial score (nSPS) is 18.7. The third kappa shape index (κ3) is 4.69. The van der Waals surface area contributed by atoms with Gasteiger partial charge in [-0.15, -0.1) is 0 Å². The molecule has 0 saturated carbocycles. The Bertz CT molecular complexity index is 1250. The van der Waals surface area contributed by atoms with Gasteiger partial charge in [0.2, 0.25) is 11.8 Å². The standard InChI is InChI=1S/C26H28F3N5O2/c1-16-3-5-22-23(34(16)17(2)35)7-6-21(18-13-32-33(15-18)20-9-11-30-12-10-20)25(22)36-24-8-4-19(14-31-24)26(27,28)29/h4,6-8,13-16,20,30H,3,5,9-12H2,1-2H3. The van der Waals surface area contributed by atoms with Crippen LogP contribution in [0.1, 0.15) is 50.3 Å². The number of benzene rings is 1. The van der Waals surface area contributed by atoms with Gasteiger partial charge < -0.3 is 15.0 Å². The molecule has 1 N–H and O–H groups in total. The Hall–Kier alpha value is -3.40. The topological polar surface area (TPSA) is 72.3 Å². The van der Waals surface area contributed by atoms with E-state index in [0.717, 1.165) is 67.0 Å². The molecule has 0 radical (unpaired) electrons. The van der Waals surface area contributed by atoms with Gasteiger partial charge in [-0.25, -0.2) is 4.98 Å². The van der Waals surface area contributed by atoms with Gasteiger partial charge in [-0.3, -0.25) is 9.48 Å². The lowest BCUT2D eigenvalue weighted by atomic mass is 9.92. The lowest BCUT2D eigenvalue weighted by Gasteiger charge is -2.35. The molecule has 1 atom stereocenters. The second-order valence-corrected chi connectivity index (χ2v) is 9.39. The lowest BCUT2D eigenvalue weighted by molar-refractivity contribution is -0.137. The highest BCUT2D eigenvalue weighted by molar-refractivity contribution is 5.95. The third-order valence-corrected chi connectivity index (χ3v) is 6.95. The molecule has 7 nitrogen and oxygen atoms in total. The summed E-state index contributed by atoms with van der Waals surface area (Å²) in [5.74, 6) is 0.465. The molecule has 0 bridgehead atoms. The smallest absolute Gasteiger partial charge is 0.417 e. The summed E-state index contributed by atoms with van der Waals surface area (Å²) >= 11 is 0. The van der Waals surface area contributed by atoms with E-state index in [1.54, 1.807) is 11.1 Å². The molecule has 2 aliphatic heterocycles. The number of anilines is 1. The Morgan fingerprint density at radius 3 is 2.56 bits per heavy atom. The number of pyridine rings is 1. The number of piperidine rings is 1. The number of aromatic nitrogens is 3. The molecule has 0 spiro atoms. The molecule has 190 valence electrons. The molecule has 1 amide bonds. The summed E-state index contributed by atoms with van der Waals surface area (Å²) in [5, 5.41) is 7.95. The highest BCUT2D eigenvalue weighted by Crippen LogP contribution is 2.45. The Balaban J connectivity index is 1.57. The fourth-order valence-corrected chi connectivity index (χ4v) is 5.09. The summed E-state index contributed by atoms with van der Waals surface area (Å²) in [6.07, 6.45) is 3.41. The zero-order valence-electron chi connectivity index (χ0n) is 20.2. The van der Waals surface area contributed by atoms with Crippen LogP contribution in [0.2, 0.25) is 0 Å². The van der Waals surface area contributed by atoms with Gasteiger partial charge in [0.05, 0.1) is 23.5 Å². The van der Waals surface area contributed by atoms with E-state index in [0.29, 0.717) is 18.2 Å². The average Bonchev–Trinajstić information content (AvgIpc) is 3.34. The number of ether oxygens (including phenoxy) is 1. The molecule has 3 aromatic rings. The Labute approximate surface area is 207 Å². The van der Waals surface area contributed by atoms with Crippen molar-refractivity contribution in [3.63, 3.8) is 0 Å². The molecular formula is C26H28F3N5O2. The highest BCUT2D eigenvalue weighted by Gasteiger charge is 2.32. The number of hydrogen-bond acceptors (Lipinski definition) is 5. The zero-order chi connectivity index (χ0) is 25.4. The van der Waals surface area contributed by atoms with Crippen LogP contribution < -0.4 is 15.0 Å². The predicted molar refractivity (Wildman–Crippen MR) is 129 cm³/mol. The van der Waals surface area contributed by atoms with Crippen molar-refractivity contribution >= 4 is 11.6 Å². The number of carbonyl (C=O) groups excluding carboxylic acids is 1. The molecular weight excluding hydrogens is 471 g/mol. The van der Waals surface area contributed by atoms with Crippen molar-refractivity contribution in [3.05, 3.63) is 54.0 Å². The molecule has 1 saturated heterocycles. The fraction of sp³-hybridized carbons (Fsp3) is 0.423. The van der Waals surface area contributed by atoms with Crippen molar-refractivity contribution < 1.29 is 22.7 Å². The van der Waals surface area contributed by atoms with Gasteiger partial charge in [0.25, 0.3) is 0 Å². The molecule has 36 heavy (non-hydrogen) atoms. The van der Waals surface area contributed by atoms with Crippen molar-refractivity contribution in [3.8, 4) is 22.8 Å². The van der Waals surface area contributed by atoms with E-state index in [9.17, 15) is 18.0 Å². The van der Waals surface area contributed by atoms with Crippen LogP contribution >= 0.6 is 0 Å². The van der Waals surface area contributed by atoms with E-state index in [1.807, 2.05) is 29.9 Å². The van der Waals surface area contributed by atoms with E-state index >= 15 is 0 Å². The number of hydrogen-bond donors (Lipinski definition) is 1. The van der Waals surface area contributed by atoms with Crippen LogP contribution in [0.15, 0.2) is 42.9 Å². The van der Waals surface area contributed by atoms with Crippen molar-refractivity contribution in [1.82, 2.24) is 20.1 Å². The molecule has 5 rings (SSSR count).